The lowest BCUT2D eigenvalue weighted by Crippen LogP contribution is -2.53. The van der Waals surface area contributed by atoms with Crippen LogP contribution in [0.15, 0.2) is 24.3 Å². The third kappa shape index (κ3) is 3.54. The molecule has 0 atom stereocenters. The molecule has 2 amide bonds. The monoisotopic (exact) mass is 450 g/mol. The van der Waals surface area contributed by atoms with Crippen LogP contribution in [0.4, 0.5) is 0 Å². The molecule has 158 valence electrons. The number of thiophene rings is 1. The summed E-state index contributed by atoms with van der Waals surface area (Å²) in [6.45, 7) is 7.78. The van der Waals surface area contributed by atoms with Gasteiger partial charge in [0.2, 0.25) is 0 Å². The third-order valence-corrected chi connectivity index (χ3v) is 7.33. The van der Waals surface area contributed by atoms with Gasteiger partial charge < -0.3 is 4.57 Å². The molecule has 0 radical (unpaired) electrons. The molecule has 0 spiro atoms. The maximum absolute atomic E-state index is 12.9. The number of aryl methyl sites for hydroxylation is 2. The number of carbonyl (C=O) groups excluding carboxylic acids is 2. The molecule has 2 aliphatic rings. The van der Waals surface area contributed by atoms with E-state index in [-0.39, 0.29) is 17.2 Å². The third-order valence-electron chi connectivity index (χ3n) is 5.74. The lowest BCUT2D eigenvalue weighted by molar-refractivity contribution is -0.128. The molecule has 1 fully saturated rings. The number of hydrogen-bond acceptors (Lipinski definition) is 5. The standard InChI is InChI=1S/C23H22N4O2S2/c1-4-9-26-21(29)17(20(28)25-23(26)30)11-15-10-13(2)27(14(15)3)22-18(12-24)16-7-5-6-8-19(16)31-22/h4,10-11H,1,5-9H2,2-3H3,(H,25,28,30)/b17-11+. The van der Waals surface area contributed by atoms with Gasteiger partial charge in [0.15, 0.2) is 5.11 Å². The summed E-state index contributed by atoms with van der Waals surface area (Å²) in [7, 11) is 0. The predicted molar refractivity (Wildman–Crippen MR) is 125 cm³/mol. The molecule has 8 heteroatoms. The van der Waals surface area contributed by atoms with Crippen LogP contribution in [0.25, 0.3) is 11.1 Å². The van der Waals surface area contributed by atoms with E-state index in [1.54, 1.807) is 23.5 Å². The van der Waals surface area contributed by atoms with Crippen molar-refractivity contribution in [3.8, 4) is 11.1 Å². The molecule has 1 aliphatic heterocycles. The first kappa shape index (κ1) is 21.2. The van der Waals surface area contributed by atoms with Crippen LogP contribution in [0.3, 0.4) is 0 Å². The van der Waals surface area contributed by atoms with E-state index in [9.17, 15) is 14.9 Å². The minimum atomic E-state index is -0.510. The van der Waals surface area contributed by atoms with E-state index in [0.717, 1.165) is 53.2 Å². The van der Waals surface area contributed by atoms with Crippen LogP contribution in [0.1, 0.15) is 45.8 Å². The first-order valence-electron chi connectivity index (χ1n) is 10.1. The zero-order valence-electron chi connectivity index (χ0n) is 17.4. The van der Waals surface area contributed by atoms with Crippen molar-refractivity contribution in [1.29, 1.82) is 5.26 Å². The predicted octanol–water partition coefficient (Wildman–Crippen LogP) is 3.72. The second-order valence-corrected chi connectivity index (χ2v) is 9.16. The molecule has 2 aromatic rings. The van der Waals surface area contributed by atoms with E-state index in [0.29, 0.717) is 0 Å². The molecule has 3 heterocycles. The molecule has 1 saturated heterocycles. The molecule has 6 nitrogen and oxygen atoms in total. The average Bonchev–Trinajstić information content (AvgIpc) is 3.24. The molecule has 31 heavy (non-hydrogen) atoms. The highest BCUT2D eigenvalue weighted by Gasteiger charge is 2.33. The molecule has 0 unspecified atom stereocenters. The number of fused-ring (bicyclic) bond motifs is 1. The Balaban J connectivity index is 1.80. The van der Waals surface area contributed by atoms with Crippen molar-refractivity contribution in [2.24, 2.45) is 0 Å². The van der Waals surface area contributed by atoms with Gasteiger partial charge in [0, 0.05) is 22.8 Å². The van der Waals surface area contributed by atoms with Gasteiger partial charge in [-0.05, 0) is 75.0 Å². The van der Waals surface area contributed by atoms with Crippen LogP contribution in [0.5, 0.6) is 0 Å². The van der Waals surface area contributed by atoms with E-state index in [1.165, 1.54) is 15.3 Å². The molecular formula is C23H22N4O2S2. The summed E-state index contributed by atoms with van der Waals surface area (Å²) in [4.78, 5) is 28.0. The summed E-state index contributed by atoms with van der Waals surface area (Å²) < 4.78 is 2.06. The fourth-order valence-electron chi connectivity index (χ4n) is 4.21. The van der Waals surface area contributed by atoms with Crippen molar-refractivity contribution >= 4 is 46.6 Å². The summed E-state index contributed by atoms with van der Waals surface area (Å²) in [6.07, 6.45) is 7.39. The number of aromatic nitrogens is 1. The number of rotatable bonds is 4. The molecule has 1 aliphatic carbocycles. The van der Waals surface area contributed by atoms with Crippen LogP contribution in [-0.4, -0.2) is 32.9 Å². The smallest absolute Gasteiger partial charge is 0.265 e. The maximum Gasteiger partial charge on any atom is 0.265 e. The van der Waals surface area contributed by atoms with Crippen LogP contribution in [0, 0.1) is 25.2 Å². The molecule has 4 rings (SSSR count). The number of nitriles is 1. The summed E-state index contributed by atoms with van der Waals surface area (Å²) in [5.41, 5.74) is 4.54. The summed E-state index contributed by atoms with van der Waals surface area (Å²) >= 11 is 6.79. The van der Waals surface area contributed by atoms with Crippen LogP contribution in [0.2, 0.25) is 0 Å². The Kier molecular flexibility index (Phi) is 5.65. The van der Waals surface area contributed by atoms with Gasteiger partial charge in [-0.15, -0.1) is 17.9 Å². The fourth-order valence-corrected chi connectivity index (χ4v) is 5.92. The van der Waals surface area contributed by atoms with Crippen molar-refractivity contribution in [2.45, 2.75) is 39.5 Å². The van der Waals surface area contributed by atoms with Crippen LogP contribution < -0.4 is 5.32 Å². The van der Waals surface area contributed by atoms with Gasteiger partial charge >= 0.3 is 0 Å². The summed E-state index contributed by atoms with van der Waals surface area (Å²) in [6, 6.07) is 4.35. The normalized spacial score (nSPS) is 17.5. The number of nitrogens with zero attached hydrogens (tertiary/aromatic N) is 3. The second-order valence-electron chi connectivity index (χ2n) is 7.69. The van der Waals surface area contributed by atoms with Gasteiger partial charge in [-0.25, -0.2) is 0 Å². The highest BCUT2D eigenvalue weighted by Crippen LogP contribution is 2.38. The van der Waals surface area contributed by atoms with Crippen LogP contribution in [-0.2, 0) is 22.4 Å². The number of carbonyl (C=O) groups is 2. The number of thiocarbonyl (C=S) groups is 1. The minimum absolute atomic E-state index is 0.0293. The van der Waals surface area contributed by atoms with E-state index in [1.807, 2.05) is 19.9 Å². The molecular weight excluding hydrogens is 428 g/mol. The van der Waals surface area contributed by atoms with E-state index < -0.39 is 11.8 Å². The fraction of sp³-hybridized carbons (Fsp3) is 0.304. The van der Waals surface area contributed by atoms with Crippen molar-refractivity contribution < 1.29 is 9.59 Å². The van der Waals surface area contributed by atoms with Gasteiger partial charge in [0.05, 0.1) is 5.56 Å². The Bertz CT molecular complexity index is 1210. The summed E-state index contributed by atoms with van der Waals surface area (Å²) in [5.74, 6) is -0.952. The van der Waals surface area contributed by atoms with E-state index >= 15 is 0 Å². The average molecular weight is 451 g/mol. The Morgan fingerprint density at radius 2 is 2.06 bits per heavy atom. The molecule has 0 saturated carbocycles. The molecule has 0 bridgehead atoms. The molecule has 1 N–H and O–H groups in total. The van der Waals surface area contributed by atoms with Crippen LogP contribution >= 0.6 is 23.6 Å². The Morgan fingerprint density at radius 1 is 1.32 bits per heavy atom. The second kappa shape index (κ2) is 8.25. The highest BCUT2D eigenvalue weighted by molar-refractivity contribution is 7.80. The largest absolute Gasteiger partial charge is 0.308 e. The number of hydrogen-bond donors (Lipinski definition) is 1. The summed E-state index contributed by atoms with van der Waals surface area (Å²) in [5, 5.41) is 13.4. The Hall–Kier alpha value is -3.02. The SMILES string of the molecule is C=CCN1C(=O)/C(=C/c2cc(C)n(-c3sc4c(c3C#N)CCCC4)c2C)C(=O)NC1=S. The van der Waals surface area contributed by atoms with E-state index in [2.05, 4.69) is 22.5 Å². The number of nitrogens with one attached hydrogen (secondary N) is 1. The Morgan fingerprint density at radius 3 is 2.77 bits per heavy atom. The van der Waals surface area contributed by atoms with Gasteiger partial charge in [-0.1, -0.05) is 6.08 Å². The Labute approximate surface area is 190 Å². The van der Waals surface area contributed by atoms with Crippen molar-refractivity contribution in [1.82, 2.24) is 14.8 Å². The van der Waals surface area contributed by atoms with Crippen molar-refractivity contribution in [2.75, 3.05) is 6.54 Å². The van der Waals surface area contributed by atoms with Gasteiger partial charge in [0.25, 0.3) is 11.8 Å². The lowest BCUT2D eigenvalue weighted by Gasteiger charge is -2.27. The van der Waals surface area contributed by atoms with Crippen molar-refractivity contribution in [3.05, 3.63) is 57.2 Å². The first-order valence-corrected chi connectivity index (χ1v) is 11.3. The molecule has 0 aromatic carbocycles. The lowest BCUT2D eigenvalue weighted by atomic mass is 9.96. The quantitative estimate of drug-likeness (QED) is 0.333. The zero-order chi connectivity index (χ0) is 22.3. The van der Waals surface area contributed by atoms with Gasteiger partial charge in [0.1, 0.15) is 16.6 Å². The minimum Gasteiger partial charge on any atom is -0.308 e. The number of amides is 2. The first-order chi connectivity index (χ1) is 14.9. The van der Waals surface area contributed by atoms with Crippen molar-refractivity contribution in [3.63, 3.8) is 0 Å². The van der Waals surface area contributed by atoms with Gasteiger partial charge in [-0.3, -0.25) is 19.8 Å². The molecule has 2 aromatic heterocycles. The zero-order valence-corrected chi connectivity index (χ0v) is 19.1. The van der Waals surface area contributed by atoms with E-state index in [4.69, 9.17) is 12.2 Å². The highest BCUT2D eigenvalue weighted by atomic mass is 32.1. The van der Waals surface area contributed by atoms with Gasteiger partial charge in [-0.2, -0.15) is 5.26 Å². The maximum atomic E-state index is 12.9. The topological polar surface area (TPSA) is 78.1 Å².